The van der Waals surface area contributed by atoms with Gasteiger partial charge in [-0.2, -0.15) is 0 Å². The molecule has 3 aromatic rings. The number of rotatable bonds is 6. The van der Waals surface area contributed by atoms with Gasteiger partial charge in [-0.05, 0) is 73.4 Å². The highest BCUT2D eigenvalue weighted by Gasteiger charge is 2.58. The summed E-state index contributed by atoms with van der Waals surface area (Å²) in [5.74, 6) is 1.44. The van der Waals surface area contributed by atoms with Crippen LogP contribution in [-0.4, -0.2) is 28.9 Å². The zero-order valence-corrected chi connectivity index (χ0v) is 18.7. The van der Waals surface area contributed by atoms with Crippen molar-refractivity contribution >= 4 is 34.3 Å². The third-order valence-corrected chi connectivity index (χ3v) is 7.26. The minimum absolute atomic E-state index is 0.0503. The fourth-order valence-electron chi connectivity index (χ4n) is 5.38. The summed E-state index contributed by atoms with van der Waals surface area (Å²) in [6.07, 6.45) is 2.82. The minimum atomic E-state index is -0.110. The van der Waals surface area contributed by atoms with Crippen molar-refractivity contribution in [2.75, 3.05) is 0 Å². The van der Waals surface area contributed by atoms with Crippen LogP contribution in [0.3, 0.4) is 0 Å². The molecule has 1 aromatic heterocycles. The van der Waals surface area contributed by atoms with Crippen molar-refractivity contribution in [1.29, 1.82) is 0 Å². The molecule has 32 heavy (non-hydrogen) atoms. The molecule has 2 aliphatic rings. The van der Waals surface area contributed by atoms with Gasteiger partial charge in [0, 0.05) is 28.1 Å². The van der Waals surface area contributed by atoms with Crippen molar-refractivity contribution in [2.45, 2.75) is 38.3 Å². The Hall–Kier alpha value is -2.92. The van der Waals surface area contributed by atoms with Crippen molar-refractivity contribution in [3.63, 3.8) is 0 Å². The number of amides is 2. The smallest absolute Gasteiger partial charge is 0.270 e. The van der Waals surface area contributed by atoms with Crippen molar-refractivity contribution < 1.29 is 9.59 Å². The van der Waals surface area contributed by atoms with Crippen LogP contribution >= 0.6 is 11.6 Å². The molecule has 0 saturated heterocycles. The van der Waals surface area contributed by atoms with Gasteiger partial charge in [-0.3, -0.25) is 9.59 Å². The first-order valence-corrected chi connectivity index (χ1v) is 11.6. The van der Waals surface area contributed by atoms with E-state index in [1.807, 2.05) is 30.3 Å². The molecule has 2 aromatic carbocycles. The molecular formula is C26H26ClN3O2. The van der Waals surface area contributed by atoms with Crippen molar-refractivity contribution in [2.24, 2.45) is 17.8 Å². The van der Waals surface area contributed by atoms with Crippen LogP contribution in [0.5, 0.6) is 0 Å². The van der Waals surface area contributed by atoms with Gasteiger partial charge in [0.2, 0.25) is 0 Å². The molecule has 2 aliphatic carbocycles. The Morgan fingerprint density at radius 1 is 1.00 bits per heavy atom. The Bertz CT molecular complexity index is 1150. The number of para-hydroxylation sites is 1. The topological polar surface area (TPSA) is 71.1 Å². The van der Waals surface area contributed by atoms with Crippen LogP contribution in [0.15, 0.2) is 60.7 Å². The quantitative estimate of drug-likeness (QED) is 0.567. The van der Waals surface area contributed by atoms with E-state index >= 15 is 0 Å². The van der Waals surface area contributed by atoms with E-state index in [0.717, 1.165) is 30.2 Å². The molecular weight excluding hydrogens is 422 g/mol. The number of carbonyl (C=O) groups excluding carboxylic acids is 2. The molecule has 5 rings (SSSR count). The molecule has 164 valence electrons. The number of hydrogen-bond acceptors (Lipinski definition) is 3. The van der Waals surface area contributed by atoms with Crippen molar-refractivity contribution in [3.05, 3.63) is 76.9 Å². The van der Waals surface area contributed by atoms with Crippen LogP contribution in [0.1, 0.15) is 47.0 Å². The first kappa shape index (κ1) is 21.0. The number of halogens is 1. The van der Waals surface area contributed by atoms with Crippen LogP contribution in [0.2, 0.25) is 5.02 Å². The molecule has 5 nitrogen and oxygen atoms in total. The zero-order chi connectivity index (χ0) is 22.2. The van der Waals surface area contributed by atoms with Crippen LogP contribution in [-0.2, 0) is 0 Å². The lowest BCUT2D eigenvalue weighted by atomic mass is 9.99. The largest absolute Gasteiger partial charge is 0.349 e. The number of carbonyl (C=O) groups is 2. The highest BCUT2D eigenvalue weighted by Crippen LogP contribution is 2.59. The van der Waals surface area contributed by atoms with E-state index in [0.29, 0.717) is 34.0 Å². The summed E-state index contributed by atoms with van der Waals surface area (Å²) in [4.78, 5) is 29.8. The average molecular weight is 448 g/mol. The second-order valence-corrected chi connectivity index (χ2v) is 9.37. The summed E-state index contributed by atoms with van der Waals surface area (Å²) in [5.41, 5.74) is 1.92. The molecule has 5 atom stereocenters. The Morgan fingerprint density at radius 3 is 2.44 bits per heavy atom. The summed E-state index contributed by atoms with van der Waals surface area (Å²) < 4.78 is 0. The number of hydrogen-bond donors (Lipinski definition) is 2. The summed E-state index contributed by atoms with van der Waals surface area (Å²) in [7, 11) is 0. The number of nitrogens with zero attached hydrogens (tertiary/aromatic N) is 1. The summed E-state index contributed by atoms with van der Waals surface area (Å²) in [6, 6.07) is 18.8. The highest BCUT2D eigenvalue weighted by atomic mass is 35.5. The molecule has 0 spiro atoms. The molecule has 1 heterocycles. The van der Waals surface area contributed by atoms with E-state index in [1.165, 1.54) is 0 Å². The van der Waals surface area contributed by atoms with Crippen molar-refractivity contribution in [1.82, 2.24) is 15.6 Å². The summed E-state index contributed by atoms with van der Waals surface area (Å²) in [6.45, 7) is 2.12. The minimum Gasteiger partial charge on any atom is -0.349 e. The van der Waals surface area contributed by atoms with Crippen LogP contribution in [0, 0.1) is 17.8 Å². The maximum atomic E-state index is 12.7. The van der Waals surface area contributed by atoms with Gasteiger partial charge in [-0.1, -0.05) is 42.8 Å². The van der Waals surface area contributed by atoms with E-state index in [4.69, 9.17) is 11.6 Å². The van der Waals surface area contributed by atoms with Gasteiger partial charge in [-0.25, -0.2) is 4.98 Å². The van der Waals surface area contributed by atoms with Gasteiger partial charge in [0.05, 0.1) is 5.52 Å². The fraction of sp³-hybridized carbons (Fsp3) is 0.346. The number of pyridine rings is 1. The van der Waals surface area contributed by atoms with Crippen LogP contribution in [0.25, 0.3) is 10.9 Å². The van der Waals surface area contributed by atoms with Gasteiger partial charge >= 0.3 is 0 Å². The van der Waals surface area contributed by atoms with Crippen molar-refractivity contribution in [3.8, 4) is 0 Å². The lowest BCUT2D eigenvalue weighted by Gasteiger charge is -2.22. The third-order valence-electron chi connectivity index (χ3n) is 7.00. The molecule has 0 aliphatic heterocycles. The maximum absolute atomic E-state index is 12.7. The van der Waals surface area contributed by atoms with Crippen LogP contribution in [0.4, 0.5) is 0 Å². The van der Waals surface area contributed by atoms with E-state index in [9.17, 15) is 9.59 Å². The molecule has 0 radical (unpaired) electrons. The zero-order valence-electron chi connectivity index (χ0n) is 17.9. The first-order chi connectivity index (χ1) is 15.5. The van der Waals surface area contributed by atoms with E-state index in [-0.39, 0.29) is 23.9 Å². The Morgan fingerprint density at radius 2 is 1.72 bits per heavy atom. The second-order valence-electron chi connectivity index (χ2n) is 8.93. The molecule has 2 saturated carbocycles. The molecule has 2 amide bonds. The SMILES string of the molecule is CCC(NC(=O)c1ccc(Cl)cc1)[C@H]1[C@@H]2C[C@@H](NC(=O)c3ccc4ccccc4n3)C[C@@H]21. The van der Waals surface area contributed by atoms with Gasteiger partial charge in [-0.15, -0.1) is 0 Å². The highest BCUT2D eigenvalue weighted by molar-refractivity contribution is 6.30. The standard InChI is InChI=1S/C26H26ClN3O2/c1-2-21(30-25(31)16-7-10-17(27)11-8-16)24-19-13-18(14-20(19)24)28-26(32)23-12-9-15-5-3-4-6-22(15)29-23/h3-12,18-21,24H,2,13-14H2,1H3,(H,28,32)(H,30,31)/t18-,19-,20+,21?,24+. The predicted octanol–water partition coefficient (Wildman–Crippen LogP) is 4.85. The Balaban J connectivity index is 1.16. The second kappa shape index (κ2) is 8.55. The lowest BCUT2D eigenvalue weighted by molar-refractivity contribution is 0.0926. The normalized spacial score (nSPS) is 24.6. The van der Waals surface area contributed by atoms with Gasteiger partial charge in [0.1, 0.15) is 5.69 Å². The Labute approximate surface area is 192 Å². The molecule has 1 unspecified atom stereocenters. The van der Waals surface area contributed by atoms with Gasteiger partial charge < -0.3 is 10.6 Å². The molecule has 2 N–H and O–H groups in total. The monoisotopic (exact) mass is 447 g/mol. The van der Waals surface area contributed by atoms with Gasteiger partial charge in [0.15, 0.2) is 0 Å². The molecule has 2 fully saturated rings. The predicted molar refractivity (Wildman–Crippen MR) is 126 cm³/mol. The number of benzene rings is 2. The van der Waals surface area contributed by atoms with Gasteiger partial charge in [0.25, 0.3) is 11.8 Å². The number of nitrogens with one attached hydrogen (secondary N) is 2. The molecule has 6 heteroatoms. The number of fused-ring (bicyclic) bond motifs is 2. The van der Waals surface area contributed by atoms with E-state index < -0.39 is 0 Å². The summed E-state index contributed by atoms with van der Waals surface area (Å²) in [5, 5.41) is 8.03. The fourth-order valence-corrected chi connectivity index (χ4v) is 5.51. The Kier molecular flexibility index (Phi) is 5.60. The summed E-state index contributed by atoms with van der Waals surface area (Å²) >= 11 is 5.92. The van der Waals surface area contributed by atoms with Crippen LogP contribution < -0.4 is 10.6 Å². The number of aromatic nitrogens is 1. The average Bonchev–Trinajstić information content (AvgIpc) is 3.30. The van der Waals surface area contributed by atoms with E-state index in [1.54, 1.807) is 30.3 Å². The van der Waals surface area contributed by atoms with E-state index in [2.05, 4.69) is 22.5 Å². The third kappa shape index (κ3) is 4.09. The lowest BCUT2D eigenvalue weighted by Crippen LogP contribution is -2.39. The molecule has 0 bridgehead atoms. The maximum Gasteiger partial charge on any atom is 0.270 e. The first-order valence-electron chi connectivity index (χ1n) is 11.3.